The Balaban J connectivity index is 2.44. The highest BCUT2D eigenvalue weighted by Crippen LogP contribution is 2.35. The minimum atomic E-state index is -0.362. The summed E-state index contributed by atoms with van der Waals surface area (Å²) in [5.41, 5.74) is 4.01. The molecule has 0 saturated heterocycles. The second-order valence-corrected chi connectivity index (χ2v) is 5.67. The molecule has 0 amide bonds. The van der Waals surface area contributed by atoms with Crippen LogP contribution in [0.4, 0.5) is 4.39 Å². The molecule has 0 bridgehead atoms. The van der Waals surface area contributed by atoms with Crippen molar-refractivity contribution in [2.45, 2.75) is 18.7 Å². The summed E-state index contributed by atoms with van der Waals surface area (Å²) in [5.74, 6) is -0.362. The van der Waals surface area contributed by atoms with Crippen LogP contribution in [0, 0.1) is 19.7 Å². The van der Waals surface area contributed by atoms with Crippen molar-refractivity contribution in [3.05, 3.63) is 69.5 Å². The first-order valence-electron chi connectivity index (χ1n) is 5.66. The van der Waals surface area contributed by atoms with Crippen LogP contribution in [0.2, 0.25) is 5.02 Å². The van der Waals surface area contributed by atoms with Gasteiger partial charge in [-0.2, -0.15) is 0 Å². The van der Waals surface area contributed by atoms with Gasteiger partial charge in [0, 0.05) is 5.56 Å². The molecule has 18 heavy (non-hydrogen) atoms. The Hall–Kier alpha value is -0.860. The van der Waals surface area contributed by atoms with Gasteiger partial charge in [-0.3, -0.25) is 0 Å². The first-order chi connectivity index (χ1) is 8.50. The van der Waals surface area contributed by atoms with Gasteiger partial charge in [-0.1, -0.05) is 57.9 Å². The summed E-state index contributed by atoms with van der Waals surface area (Å²) in [6.07, 6.45) is 0. The molecule has 1 atom stereocenters. The van der Waals surface area contributed by atoms with Crippen LogP contribution >= 0.6 is 27.5 Å². The number of alkyl halides is 1. The summed E-state index contributed by atoms with van der Waals surface area (Å²) in [4.78, 5) is -0.185. The molecule has 0 aliphatic rings. The van der Waals surface area contributed by atoms with Gasteiger partial charge in [0.1, 0.15) is 5.82 Å². The van der Waals surface area contributed by atoms with Gasteiger partial charge in [0.05, 0.1) is 9.85 Å². The third-order valence-electron chi connectivity index (χ3n) is 3.08. The fraction of sp³-hybridized carbons (Fsp3) is 0.200. The molecule has 1 unspecified atom stereocenters. The highest BCUT2D eigenvalue weighted by atomic mass is 79.9. The van der Waals surface area contributed by atoms with Gasteiger partial charge in [-0.15, -0.1) is 0 Å². The molecule has 3 heteroatoms. The molecule has 0 N–H and O–H groups in total. The number of halogens is 3. The van der Waals surface area contributed by atoms with E-state index in [1.54, 1.807) is 18.2 Å². The third-order valence-corrected chi connectivity index (χ3v) is 4.39. The molecule has 0 spiro atoms. The van der Waals surface area contributed by atoms with Gasteiger partial charge in [-0.05, 0) is 36.6 Å². The zero-order valence-electron chi connectivity index (χ0n) is 10.2. The van der Waals surface area contributed by atoms with E-state index in [2.05, 4.69) is 28.9 Å². The largest absolute Gasteiger partial charge is 0.205 e. The minimum Gasteiger partial charge on any atom is -0.205 e. The van der Waals surface area contributed by atoms with E-state index in [-0.39, 0.29) is 15.7 Å². The maximum atomic E-state index is 14.0. The van der Waals surface area contributed by atoms with Crippen molar-refractivity contribution in [3.8, 4) is 0 Å². The number of benzene rings is 2. The number of hydrogen-bond donors (Lipinski definition) is 0. The predicted molar refractivity (Wildman–Crippen MR) is 78.1 cm³/mol. The molecule has 94 valence electrons. The van der Waals surface area contributed by atoms with Gasteiger partial charge in [0.2, 0.25) is 0 Å². The lowest BCUT2D eigenvalue weighted by Gasteiger charge is -2.14. The smallest absolute Gasteiger partial charge is 0.146 e. The lowest BCUT2D eigenvalue weighted by atomic mass is 10.00. The van der Waals surface area contributed by atoms with E-state index in [1.165, 1.54) is 11.1 Å². The zero-order chi connectivity index (χ0) is 13.3. The van der Waals surface area contributed by atoms with Crippen LogP contribution in [0.5, 0.6) is 0 Å². The lowest BCUT2D eigenvalue weighted by molar-refractivity contribution is 0.614. The van der Waals surface area contributed by atoms with Crippen molar-refractivity contribution in [2.75, 3.05) is 0 Å². The average Bonchev–Trinajstić information content (AvgIpc) is 2.35. The predicted octanol–water partition coefficient (Wildman–Crippen LogP) is 5.58. The van der Waals surface area contributed by atoms with Crippen LogP contribution in [0.3, 0.4) is 0 Å². The van der Waals surface area contributed by atoms with Crippen molar-refractivity contribution >= 4 is 27.5 Å². The normalized spacial score (nSPS) is 12.5. The summed E-state index contributed by atoms with van der Waals surface area (Å²) in [7, 11) is 0. The second-order valence-electron chi connectivity index (χ2n) is 4.35. The maximum Gasteiger partial charge on any atom is 0.146 e. The van der Waals surface area contributed by atoms with Crippen molar-refractivity contribution in [3.63, 3.8) is 0 Å². The Morgan fingerprint density at radius 1 is 1.11 bits per heavy atom. The van der Waals surface area contributed by atoms with E-state index in [0.717, 1.165) is 5.56 Å². The SMILES string of the molecule is Cc1ccc(C(Br)c2cccc(Cl)c2F)cc1C. The molecule has 0 aliphatic carbocycles. The monoisotopic (exact) mass is 326 g/mol. The van der Waals surface area contributed by atoms with Crippen LogP contribution in [-0.4, -0.2) is 0 Å². The van der Waals surface area contributed by atoms with E-state index < -0.39 is 0 Å². The van der Waals surface area contributed by atoms with Gasteiger partial charge >= 0.3 is 0 Å². The van der Waals surface area contributed by atoms with Crippen molar-refractivity contribution in [1.82, 2.24) is 0 Å². The minimum absolute atomic E-state index is 0.154. The molecular formula is C15H13BrClF. The first-order valence-corrected chi connectivity index (χ1v) is 6.95. The Labute approximate surface area is 120 Å². The third kappa shape index (κ3) is 2.60. The topological polar surface area (TPSA) is 0 Å². The first kappa shape index (κ1) is 13.6. The lowest BCUT2D eigenvalue weighted by Crippen LogP contribution is -1.98. The Morgan fingerprint density at radius 3 is 2.50 bits per heavy atom. The molecule has 0 fully saturated rings. The van der Waals surface area contributed by atoms with E-state index in [1.807, 2.05) is 19.1 Å². The van der Waals surface area contributed by atoms with Crippen molar-refractivity contribution in [2.24, 2.45) is 0 Å². The van der Waals surface area contributed by atoms with E-state index >= 15 is 0 Å². The zero-order valence-corrected chi connectivity index (χ0v) is 12.5. The molecule has 0 saturated carbocycles. The van der Waals surface area contributed by atoms with Crippen LogP contribution in [0.1, 0.15) is 27.1 Å². The molecule has 2 aromatic carbocycles. The van der Waals surface area contributed by atoms with Crippen LogP contribution < -0.4 is 0 Å². The summed E-state index contributed by atoms with van der Waals surface area (Å²) in [6.45, 7) is 4.11. The Kier molecular flexibility index (Phi) is 4.08. The second kappa shape index (κ2) is 5.41. The summed E-state index contributed by atoms with van der Waals surface area (Å²) in [6, 6.07) is 11.2. The Morgan fingerprint density at radius 2 is 1.83 bits per heavy atom. The van der Waals surface area contributed by atoms with Crippen molar-refractivity contribution < 1.29 is 4.39 Å². The summed E-state index contributed by atoms with van der Waals surface area (Å²) < 4.78 is 14.0. The summed E-state index contributed by atoms with van der Waals surface area (Å²) >= 11 is 9.35. The van der Waals surface area contributed by atoms with Gasteiger partial charge in [-0.25, -0.2) is 4.39 Å². The molecule has 0 heterocycles. The fourth-order valence-corrected chi connectivity index (χ4v) is 2.64. The van der Waals surface area contributed by atoms with Crippen LogP contribution in [0.15, 0.2) is 36.4 Å². The molecule has 0 aromatic heterocycles. The fourth-order valence-electron chi connectivity index (χ4n) is 1.82. The molecule has 0 aliphatic heterocycles. The number of rotatable bonds is 2. The van der Waals surface area contributed by atoms with Gasteiger partial charge in [0.15, 0.2) is 0 Å². The standard InChI is InChI=1S/C15H13BrClF/c1-9-6-7-11(8-10(9)2)14(16)12-4-3-5-13(17)15(12)18/h3-8,14H,1-2H3. The number of hydrogen-bond acceptors (Lipinski definition) is 0. The van der Waals surface area contributed by atoms with E-state index in [4.69, 9.17) is 11.6 Å². The van der Waals surface area contributed by atoms with E-state index in [0.29, 0.717) is 5.56 Å². The molecule has 0 nitrogen and oxygen atoms in total. The molecular weight excluding hydrogens is 315 g/mol. The average molecular weight is 328 g/mol. The molecule has 0 radical (unpaired) electrons. The maximum absolute atomic E-state index is 14.0. The van der Waals surface area contributed by atoms with Crippen LogP contribution in [-0.2, 0) is 0 Å². The molecule has 2 rings (SSSR count). The Bertz CT molecular complexity index is 581. The quantitative estimate of drug-likeness (QED) is 0.632. The summed E-state index contributed by atoms with van der Waals surface area (Å²) in [5, 5.41) is 0.154. The highest BCUT2D eigenvalue weighted by Gasteiger charge is 2.16. The van der Waals surface area contributed by atoms with Gasteiger partial charge in [0.25, 0.3) is 0 Å². The molecule has 2 aromatic rings. The number of aryl methyl sites for hydroxylation is 2. The van der Waals surface area contributed by atoms with Gasteiger partial charge < -0.3 is 0 Å². The van der Waals surface area contributed by atoms with E-state index in [9.17, 15) is 4.39 Å². The highest BCUT2D eigenvalue weighted by molar-refractivity contribution is 9.09. The van der Waals surface area contributed by atoms with Crippen molar-refractivity contribution in [1.29, 1.82) is 0 Å². The van der Waals surface area contributed by atoms with Crippen LogP contribution in [0.25, 0.3) is 0 Å².